The van der Waals surface area contributed by atoms with Gasteiger partial charge in [0.15, 0.2) is 0 Å². The second-order valence-corrected chi connectivity index (χ2v) is 4.87. The molecule has 2 rings (SSSR count). The number of ether oxygens (including phenoxy) is 1. The number of nitrogens with one attached hydrogen (secondary N) is 1. The lowest BCUT2D eigenvalue weighted by atomic mass is 10.2. The van der Waals surface area contributed by atoms with Crippen LogP contribution in [0.3, 0.4) is 0 Å². The molecule has 2 aromatic rings. The van der Waals surface area contributed by atoms with Crippen LogP contribution in [0.5, 0.6) is 5.75 Å². The molecule has 0 aliphatic carbocycles. The van der Waals surface area contributed by atoms with E-state index in [1.165, 1.54) is 36.6 Å². The molecule has 1 amide bonds. The Morgan fingerprint density at radius 3 is 3.00 bits per heavy atom. The third kappa shape index (κ3) is 3.81. The summed E-state index contributed by atoms with van der Waals surface area (Å²) < 4.78 is 18.1. The van der Waals surface area contributed by atoms with E-state index in [4.69, 9.17) is 9.84 Å². The Labute approximate surface area is 125 Å². The Balaban J connectivity index is 2.16. The summed E-state index contributed by atoms with van der Waals surface area (Å²) in [6.07, 6.45) is 0. The summed E-state index contributed by atoms with van der Waals surface area (Å²) >= 11 is 1.30. The predicted octanol–water partition coefficient (Wildman–Crippen LogP) is 2.49. The monoisotopic (exact) mass is 305 g/mol. The van der Waals surface area contributed by atoms with Crippen molar-refractivity contribution in [3.8, 4) is 17.6 Å². The highest BCUT2D eigenvalue weighted by molar-refractivity contribution is 7.10. The SMILES string of the molecule is COc1cc(F)ccc1NC(=O)c1csc(C#CCO)c1. The Morgan fingerprint density at radius 2 is 2.29 bits per heavy atom. The molecule has 0 spiro atoms. The van der Waals surface area contributed by atoms with Gasteiger partial charge in [-0.25, -0.2) is 4.39 Å². The van der Waals surface area contributed by atoms with E-state index >= 15 is 0 Å². The Bertz CT molecular complexity index is 715. The number of amides is 1. The van der Waals surface area contributed by atoms with Gasteiger partial charge in [0.2, 0.25) is 0 Å². The average molecular weight is 305 g/mol. The predicted molar refractivity (Wildman–Crippen MR) is 79.2 cm³/mol. The maximum atomic E-state index is 13.1. The third-order valence-corrected chi connectivity index (χ3v) is 3.41. The van der Waals surface area contributed by atoms with Crippen molar-refractivity contribution in [2.75, 3.05) is 19.0 Å². The third-order valence-electron chi connectivity index (χ3n) is 2.56. The molecular weight excluding hydrogens is 293 g/mol. The topological polar surface area (TPSA) is 58.6 Å². The molecule has 108 valence electrons. The number of carbonyl (C=O) groups excluding carboxylic acids is 1. The van der Waals surface area contributed by atoms with E-state index in [-0.39, 0.29) is 18.3 Å². The van der Waals surface area contributed by atoms with Gasteiger partial charge in [-0.15, -0.1) is 11.3 Å². The van der Waals surface area contributed by atoms with Gasteiger partial charge in [0, 0.05) is 11.4 Å². The number of hydrogen-bond donors (Lipinski definition) is 2. The standard InChI is InChI=1S/C15H12FNO3S/c1-20-14-8-11(16)4-5-13(14)17-15(19)10-7-12(21-9-10)3-2-6-18/h4-5,7-9,18H,6H2,1H3,(H,17,19). The van der Waals surface area contributed by atoms with Crippen molar-refractivity contribution in [1.29, 1.82) is 0 Å². The van der Waals surface area contributed by atoms with Gasteiger partial charge in [0.05, 0.1) is 23.2 Å². The molecule has 0 bridgehead atoms. The van der Waals surface area contributed by atoms with Crippen LogP contribution in [-0.2, 0) is 0 Å². The number of methoxy groups -OCH3 is 1. The molecule has 0 aliphatic rings. The first kappa shape index (κ1) is 15.0. The zero-order valence-corrected chi connectivity index (χ0v) is 12.0. The van der Waals surface area contributed by atoms with Crippen LogP contribution in [0.2, 0.25) is 0 Å². The molecule has 0 saturated heterocycles. The Kier molecular flexibility index (Phi) is 4.93. The molecular formula is C15H12FNO3S. The molecule has 6 heteroatoms. The lowest BCUT2D eigenvalue weighted by Gasteiger charge is -2.09. The molecule has 0 fully saturated rings. The first-order chi connectivity index (χ1) is 10.1. The number of hydrogen-bond acceptors (Lipinski definition) is 4. The molecule has 2 N–H and O–H groups in total. The molecule has 0 aliphatic heterocycles. The summed E-state index contributed by atoms with van der Waals surface area (Å²) in [7, 11) is 1.40. The quantitative estimate of drug-likeness (QED) is 0.857. The molecule has 21 heavy (non-hydrogen) atoms. The Morgan fingerprint density at radius 1 is 1.48 bits per heavy atom. The van der Waals surface area contributed by atoms with E-state index < -0.39 is 5.82 Å². The van der Waals surface area contributed by atoms with Crippen molar-refractivity contribution in [3.05, 3.63) is 45.9 Å². The highest BCUT2D eigenvalue weighted by Crippen LogP contribution is 2.26. The van der Waals surface area contributed by atoms with Gasteiger partial charge in [-0.1, -0.05) is 11.8 Å². The van der Waals surface area contributed by atoms with Crippen LogP contribution in [0.25, 0.3) is 0 Å². The number of benzene rings is 1. The molecule has 0 saturated carbocycles. The van der Waals surface area contributed by atoms with Gasteiger partial charge in [-0.05, 0) is 18.2 Å². The zero-order valence-electron chi connectivity index (χ0n) is 11.1. The van der Waals surface area contributed by atoms with Crippen molar-refractivity contribution in [2.45, 2.75) is 0 Å². The van der Waals surface area contributed by atoms with Crippen LogP contribution in [0, 0.1) is 17.7 Å². The lowest BCUT2D eigenvalue weighted by Crippen LogP contribution is -2.11. The van der Waals surface area contributed by atoms with Crippen molar-refractivity contribution < 1.29 is 19.0 Å². The van der Waals surface area contributed by atoms with Crippen LogP contribution in [0.1, 0.15) is 15.2 Å². The number of halogens is 1. The molecule has 1 aromatic heterocycles. The molecule has 0 atom stereocenters. The number of thiophene rings is 1. The van der Waals surface area contributed by atoms with Crippen LogP contribution in [-0.4, -0.2) is 24.7 Å². The van der Waals surface area contributed by atoms with E-state index in [9.17, 15) is 9.18 Å². The highest BCUT2D eigenvalue weighted by atomic mass is 32.1. The molecule has 4 nitrogen and oxygen atoms in total. The van der Waals surface area contributed by atoms with Crippen LogP contribution in [0.15, 0.2) is 29.6 Å². The maximum absolute atomic E-state index is 13.1. The van der Waals surface area contributed by atoms with Crippen molar-refractivity contribution in [1.82, 2.24) is 0 Å². The lowest BCUT2D eigenvalue weighted by molar-refractivity contribution is 0.102. The highest BCUT2D eigenvalue weighted by Gasteiger charge is 2.12. The minimum Gasteiger partial charge on any atom is -0.494 e. The number of carbonyl (C=O) groups is 1. The number of rotatable bonds is 3. The van der Waals surface area contributed by atoms with Gasteiger partial charge >= 0.3 is 0 Å². The number of anilines is 1. The van der Waals surface area contributed by atoms with Crippen LogP contribution < -0.4 is 10.1 Å². The summed E-state index contributed by atoms with van der Waals surface area (Å²) in [5.74, 6) is 4.71. The van der Waals surface area contributed by atoms with Crippen LogP contribution in [0.4, 0.5) is 10.1 Å². The summed E-state index contributed by atoms with van der Waals surface area (Å²) in [5.41, 5.74) is 0.826. The van der Waals surface area contributed by atoms with E-state index in [0.29, 0.717) is 16.1 Å². The zero-order chi connectivity index (χ0) is 15.2. The fourth-order valence-corrected chi connectivity index (χ4v) is 2.37. The van der Waals surface area contributed by atoms with Gasteiger partial charge < -0.3 is 15.2 Å². The van der Waals surface area contributed by atoms with Crippen molar-refractivity contribution >= 4 is 22.9 Å². The van der Waals surface area contributed by atoms with Crippen molar-refractivity contribution in [2.24, 2.45) is 0 Å². The second-order valence-electron chi connectivity index (χ2n) is 3.96. The second kappa shape index (κ2) is 6.88. The summed E-state index contributed by atoms with van der Waals surface area (Å²) in [5, 5.41) is 12.9. The molecule has 1 aromatic carbocycles. The van der Waals surface area contributed by atoms with Gasteiger partial charge in [-0.2, -0.15) is 0 Å². The average Bonchev–Trinajstić information content (AvgIpc) is 2.95. The van der Waals surface area contributed by atoms with E-state index in [0.717, 1.165) is 0 Å². The van der Waals surface area contributed by atoms with Crippen molar-refractivity contribution in [3.63, 3.8) is 0 Å². The fraction of sp³-hybridized carbons (Fsp3) is 0.133. The van der Waals surface area contributed by atoms with Gasteiger partial charge in [-0.3, -0.25) is 4.79 Å². The maximum Gasteiger partial charge on any atom is 0.256 e. The van der Waals surface area contributed by atoms with Gasteiger partial charge in [0.1, 0.15) is 18.2 Å². The summed E-state index contributed by atoms with van der Waals surface area (Å²) in [6.45, 7) is -0.230. The normalized spacial score (nSPS) is 9.67. The number of aliphatic hydroxyl groups is 1. The minimum atomic E-state index is -0.443. The van der Waals surface area contributed by atoms with Gasteiger partial charge in [0.25, 0.3) is 5.91 Å². The smallest absolute Gasteiger partial charge is 0.256 e. The van der Waals surface area contributed by atoms with E-state index in [1.807, 2.05) is 0 Å². The molecule has 0 radical (unpaired) electrons. The summed E-state index contributed by atoms with van der Waals surface area (Å²) in [4.78, 5) is 12.8. The van der Waals surface area contributed by atoms with Crippen LogP contribution >= 0.6 is 11.3 Å². The van der Waals surface area contributed by atoms with E-state index in [1.54, 1.807) is 11.4 Å². The Hall–Kier alpha value is -2.36. The molecule has 1 heterocycles. The molecule has 0 unspecified atom stereocenters. The largest absolute Gasteiger partial charge is 0.494 e. The number of aliphatic hydroxyl groups excluding tert-OH is 1. The fourth-order valence-electron chi connectivity index (χ4n) is 1.61. The first-order valence-electron chi connectivity index (χ1n) is 5.97. The van der Waals surface area contributed by atoms with E-state index in [2.05, 4.69) is 17.2 Å². The summed E-state index contributed by atoms with van der Waals surface area (Å²) in [6, 6.07) is 5.49. The minimum absolute atomic E-state index is 0.230. The first-order valence-corrected chi connectivity index (χ1v) is 6.85.